The van der Waals surface area contributed by atoms with E-state index in [1.165, 1.54) is 0 Å². The molecule has 0 amide bonds. The third-order valence-electron chi connectivity index (χ3n) is 2.50. The van der Waals surface area contributed by atoms with Gasteiger partial charge in [0, 0.05) is 12.1 Å². The summed E-state index contributed by atoms with van der Waals surface area (Å²) in [4.78, 5) is 16.7. The summed E-state index contributed by atoms with van der Waals surface area (Å²) >= 11 is 4.81. The lowest BCUT2D eigenvalue weighted by Crippen LogP contribution is -2.43. The zero-order valence-corrected chi connectivity index (χ0v) is 13.2. The van der Waals surface area contributed by atoms with Gasteiger partial charge in [-0.25, -0.2) is 0 Å². The van der Waals surface area contributed by atoms with Gasteiger partial charge in [-0.15, -0.1) is 0 Å². The number of aliphatic carboxylic acids is 1. The minimum absolute atomic E-state index is 0.133. The molecule has 0 radical (unpaired) electrons. The summed E-state index contributed by atoms with van der Waals surface area (Å²) in [6.07, 6.45) is 0.233. The first kappa shape index (κ1) is 17.4. The minimum atomic E-state index is -0.996. The maximum absolute atomic E-state index is 11.3. The summed E-state index contributed by atoms with van der Waals surface area (Å²) in [6.45, 7) is 5.50. The highest BCUT2D eigenvalue weighted by Gasteiger charge is 2.22. The average Bonchev–Trinajstić information content (AvgIpc) is 2.34. The van der Waals surface area contributed by atoms with Crippen LogP contribution in [0, 0.1) is 0 Å². The van der Waals surface area contributed by atoms with Gasteiger partial charge in [0.15, 0.2) is 5.11 Å². The Bertz CT molecular complexity index is 514. The van der Waals surface area contributed by atoms with Gasteiger partial charge in [0.2, 0.25) is 0 Å². The standard InChI is InChI=1S/C14H21N3O3S/c1-14(2,3)20-17-11(12(18)19)8-9-6-4-5-7-10(9)16-13(15)21/h4-7,11,17H,8H2,1-3H3,(H,18,19)(H3,15,16,21)/t11-/m0/s1. The van der Waals surface area contributed by atoms with Crippen LogP contribution in [0.1, 0.15) is 26.3 Å². The molecular formula is C14H21N3O3S. The Morgan fingerprint density at radius 2 is 2.05 bits per heavy atom. The molecule has 0 heterocycles. The lowest BCUT2D eigenvalue weighted by Gasteiger charge is -2.23. The number of thiocarbonyl (C=S) groups is 1. The van der Waals surface area contributed by atoms with Crippen molar-refractivity contribution in [1.82, 2.24) is 5.48 Å². The van der Waals surface area contributed by atoms with Crippen LogP contribution in [0.25, 0.3) is 0 Å². The van der Waals surface area contributed by atoms with Crippen LogP contribution < -0.4 is 16.5 Å². The Morgan fingerprint density at radius 1 is 1.43 bits per heavy atom. The van der Waals surface area contributed by atoms with Gasteiger partial charge in [0.05, 0.1) is 5.60 Å². The maximum atomic E-state index is 11.3. The van der Waals surface area contributed by atoms with Crippen molar-refractivity contribution in [2.45, 2.75) is 38.8 Å². The molecule has 1 aromatic carbocycles. The van der Waals surface area contributed by atoms with E-state index in [9.17, 15) is 9.90 Å². The molecule has 0 aromatic heterocycles. The monoisotopic (exact) mass is 311 g/mol. The van der Waals surface area contributed by atoms with Gasteiger partial charge >= 0.3 is 5.97 Å². The van der Waals surface area contributed by atoms with Gasteiger partial charge < -0.3 is 16.2 Å². The number of hydrogen-bond donors (Lipinski definition) is 4. The van der Waals surface area contributed by atoms with Crippen molar-refractivity contribution >= 4 is 29.0 Å². The molecule has 0 spiro atoms. The molecule has 0 unspecified atom stereocenters. The van der Waals surface area contributed by atoms with Crippen molar-refractivity contribution in [2.75, 3.05) is 5.32 Å². The third-order valence-corrected chi connectivity index (χ3v) is 2.61. The molecular weight excluding hydrogens is 290 g/mol. The molecule has 0 aliphatic rings. The summed E-state index contributed by atoms with van der Waals surface area (Å²) in [5.41, 5.74) is 9.05. The van der Waals surface area contributed by atoms with E-state index in [0.717, 1.165) is 5.56 Å². The highest BCUT2D eigenvalue weighted by Crippen LogP contribution is 2.17. The summed E-state index contributed by atoms with van der Waals surface area (Å²) in [7, 11) is 0. The molecule has 116 valence electrons. The normalized spacial score (nSPS) is 12.7. The quantitative estimate of drug-likeness (QED) is 0.468. The van der Waals surface area contributed by atoms with Crippen molar-refractivity contribution in [3.8, 4) is 0 Å². The number of anilines is 1. The van der Waals surface area contributed by atoms with Gasteiger partial charge in [-0.1, -0.05) is 18.2 Å². The summed E-state index contributed by atoms with van der Waals surface area (Å²) in [5.74, 6) is -0.996. The summed E-state index contributed by atoms with van der Waals surface area (Å²) in [5, 5.41) is 12.3. The van der Waals surface area contributed by atoms with E-state index in [2.05, 4.69) is 10.8 Å². The number of carbonyl (C=O) groups is 1. The fourth-order valence-electron chi connectivity index (χ4n) is 1.60. The van der Waals surface area contributed by atoms with Crippen LogP contribution in [0.5, 0.6) is 0 Å². The number of benzene rings is 1. The third kappa shape index (κ3) is 6.52. The van der Waals surface area contributed by atoms with Gasteiger partial charge in [0.25, 0.3) is 0 Å². The minimum Gasteiger partial charge on any atom is -0.480 e. The first-order valence-corrected chi connectivity index (χ1v) is 6.90. The smallest absolute Gasteiger partial charge is 0.323 e. The topological polar surface area (TPSA) is 96.6 Å². The first-order valence-electron chi connectivity index (χ1n) is 6.50. The van der Waals surface area contributed by atoms with Crippen LogP contribution in [-0.2, 0) is 16.1 Å². The highest BCUT2D eigenvalue weighted by atomic mass is 32.1. The van der Waals surface area contributed by atoms with E-state index in [0.29, 0.717) is 5.69 Å². The van der Waals surface area contributed by atoms with Crippen LogP contribution >= 0.6 is 12.2 Å². The zero-order valence-electron chi connectivity index (χ0n) is 12.3. The van der Waals surface area contributed by atoms with Gasteiger partial charge in [-0.05, 0) is 44.6 Å². The fraction of sp³-hybridized carbons (Fsp3) is 0.429. The molecule has 1 aromatic rings. The van der Waals surface area contributed by atoms with Crippen molar-refractivity contribution in [1.29, 1.82) is 0 Å². The molecule has 5 N–H and O–H groups in total. The number of carboxylic acids is 1. The van der Waals surface area contributed by atoms with Crippen LogP contribution in [0.15, 0.2) is 24.3 Å². The second kappa shape index (κ2) is 7.35. The predicted molar refractivity (Wildman–Crippen MR) is 86.0 cm³/mol. The Balaban J connectivity index is 2.84. The molecule has 7 heteroatoms. The number of nitrogens with one attached hydrogen (secondary N) is 2. The van der Waals surface area contributed by atoms with Crippen LogP contribution in [-0.4, -0.2) is 27.8 Å². The van der Waals surface area contributed by atoms with Crippen LogP contribution in [0.2, 0.25) is 0 Å². The number of hydrogen-bond acceptors (Lipinski definition) is 4. The van der Waals surface area contributed by atoms with Gasteiger partial charge in [-0.3, -0.25) is 9.63 Å². The Kier molecular flexibility index (Phi) is 6.07. The van der Waals surface area contributed by atoms with E-state index in [-0.39, 0.29) is 11.5 Å². The van der Waals surface area contributed by atoms with Crippen molar-refractivity contribution in [3.05, 3.63) is 29.8 Å². The second-order valence-corrected chi connectivity index (χ2v) is 6.01. The molecule has 21 heavy (non-hydrogen) atoms. The predicted octanol–water partition coefficient (Wildman–Crippen LogP) is 1.66. The average molecular weight is 311 g/mol. The molecule has 0 saturated heterocycles. The molecule has 0 fully saturated rings. The Morgan fingerprint density at radius 3 is 2.57 bits per heavy atom. The lowest BCUT2D eigenvalue weighted by atomic mass is 10.0. The van der Waals surface area contributed by atoms with Crippen LogP contribution in [0.4, 0.5) is 5.69 Å². The molecule has 0 aliphatic carbocycles. The van der Waals surface area contributed by atoms with Gasteiger partial charge in [-0.2, -0.15) is 5.48 Å². The van der Waals surface area contributed by atoms with Crippen LogP contribution in [0.3, 0.4) is 0 Å². The molecule has 0 aliphatic heterocycles. The van der Waals surface area contributed by atoms with E-state index >= 15 is 0 Å². The van der Waals surface area contributed by atoms with Gasteiger partial charge in [0.1, 0.15) is 6.04 Å². The molecule has 1 rings (SSSR count). The number of hydroxylamine groups is 1. The number of carboxylic acid groups (broad SMARTS) is 1. The SMILES string of the molecule is CC(C)(C)ON[C@@H](Cc1ccccc1NC(N)=S)C(=O)O. The zero-order chi connectivity index (χ0) is 16.0. The number of para-hydroxylation sites is 1. The summed E-state index contributed by atoms with van der Waals surface area (Å²) in [6, 6.07) is 6.37. The summed E-state index contributed by atoms with van der Waals surface area (Å²) < 4.78 is 0. The van der Waals surface area contributed by atoms with E-state index < -0.39 is 17.6 Å². The molecule has 0 bridgehead atoms. The largest absolute Gasteiger partial charge is 0.480 e. The molecule has 0 saturated carbocycles. The number of rotatable bonds is 6. The van der Waals surface area contributed by atoms with Crippen molar-refractivity contribution in [2.24, 2.45) is 5.73 Å². The number of nitrogens with two attached hydrogens (primary N) is 1. The first-order chi connectivity index (χ1) is 9.69. The van der Waals surface area contributed by atoms with E-state index in [1.807, 2.05) is 39.0 Å². The Hall–Kier alpha value is -1.70. The second-order valence-electron chi connectivity index (χ2n) is 5.57. The Labute approximate surface area is 129 Å². The fourth-order valence-corrected chi connectivity index (χ4v) is 1.71. The van der Waals surface area contributed by atoms with E-state index in [4.69, 9.17) is 22.8 Å². The van der Waals surface area contributed by atoms with E-state index in [1.54, 1.807) is 6.07 Å². The molecule has 6 nitrogen and oxygen atoms in total. The van der Waals surface area contributed by atoms with Crippen molar-refractivity contribution < 1.29 is 14.7 Å². The van der Waals surface area contributed by atoms with Crippen molar-refractivity contribution in [3.63, 3.8) is 0 Å². The lowest BCUT2D eigenvalue weighted by molar-refractivity contribution is -0.150. The highest BCUT2D eigenvalue weighted by molar-refractivity contribution is 7.80. The molecule has 1 atom stereocenters. The maximum Gasteiger partial charge on any atom is 0.323 e.